The molecule has 2 rings (SSSR count). The average molecular weight is 382 g/mol. The molecule has 6 nitrogen and oxygen atoms in total. The Bertz CT molecular complexity index is 604. The summed E-state index contributed by atoms with van der Waals surface area (Å²) in [6, 6.07) is 10.4. The van der Waals surface area contributed by atoms with E-state index < -0.39 is 11.2 Å². The number of rotatable bonds is 4. The van der Waals surface area contributed by atoms with Crippen molar-refractivity contribution >= 4 is 0 Å². The number of aliphatic hydroxyl groups excluding tert-OH is 2. The van der Waals surface area contributed by atoms with Gasteiger partial charge in [-0.1, -0.05) is 12.1 Å². The quantitative estimate of drug-likeness (QED) is 0.599. The summed E-state index contributed by atoms with van der Waals surface area (Å²) in [5, 5.41) is 36.7. The molecule has 2 aromatic rings. The third-order valence-electron chi connectivity index (χ3n) is 3.19. The number of aromatic nitrogens is 2. The Morgan fingerprint density at radius 3 is 1.40 bits per heavy atom. The van der Waals surface area contributed by atoms with Crippen molar-refractivity contribution in [3.8, 4) is 0 Å². The Morgan fingerprint density at radius 2 is 1.08 bits per heavy atom. The third-order valence-corrected chi connectivity index (χ3v) is 3.19. The molecule has 4 N–H and O–H groups in total. The van der Waals surface area contributed by atoms with Crippen molar-refractivity contribution in [2.24, 2.45) is 0 Å². The van der Waals surface area contributed by atoms with E-state index in [1.54, 1.807) is 64.1 Å². The number of nitrogens with zero attached hydrogens (tertiary/aromatic N) is 2. The smallest absolute Gasteiger partial charge is 0.101 e. The molecule has 0 radical (unpaired) electrons. The molecule has 0 fully saturated rings. The van der Waals surface area contributed by atoms with Gasteiger partial charge in [0.1, 0.15) is 11.2 Å². The standard InChI is InChI=1S/C11H17NO2.C7H9NO2.Ti/c1-10(2,13)8-6-5-7-9(12-8)11(3,4)14;9-4-6-2-1-3-7(5-10)8-6;/h5-7,13-14H,1-4H3;1-3,9-10H,4-5H2;. The first-order valence-electron chi connectivity index (χ1n) is 7.67. The maximum Gasteiger partial charge on any atom is 0.101 e. The van der Waals surface area contributed by atoms with E-state index in [2.05, 4.69) is 9.97 Å². The van der Waals surface area contributed by atoms with Gasteiger partial charge in [0.25, 0.3) is 0 Å². The minimum absolute atomic E-state index is 0. The average Bonchev–Trinajstić information content (AvgIpc) is 2.54. The van der Waals surface area contributed by atoms with E-state index in [9.17, 15) is 10.2 Å². The van der Waals surface area contributed by atoms with Crippen LogP contribution in [0.1, 0.15) is 50.5 Å². The van der Waals surface area contributed by atoms with Crippen molar-refractivity contribution in [2.75, 3.05) is 0 Å². The molecule has 136 valence electrons. The number of hydrogen-bond acceptors (Lipinski definition) is 6. The van der Waals surface area contributed by atoms with Gasteiger partial charge < -0.3 is 20.4 Å². The van der Waals surface area contributed by atoms with Crippen LogP contribution in [0.15, 0.2) is 36.4 Å². The predicted octanol–water partition coefficient (Wildman–Crippen LogP) is 1.60. The fourth-order valence-corrected chi connectivity index (χ4v) is 1.82. The molecule has 0 saturated heterocycles. The number of hydrogen-bond donors (Lipinski definition) is 4. The Labute approximate surface area is 163 Å². The molecule has 25 heavy (non-hydrogen) atoms. The maximum absolute atomic E-state index is 9.74. The molecule has 0 aliphatic carbocycles. The summed E-state index contributed by atoms with van der Waals surface area (Å²) >= 11 is 0. The molecule has 0 bridgehead atoms. The summed E-state index contributed by atoms with van der Waals surface area (Å²) in [7, 11) is 0. The van der Waals surface area contributed by atoms with Gasteiger partial charge in [0.2, 0.25) is 0 Å². The molecule has 0 amide bonds. The van der Waals surface area contributed by atoms with Crippen LogP contribution in [0.5, 0.6) is 0 Å². The van der Waals surface area contributed by atoms with Crippen LogP contribution in [-0.4, -0.2) is 30.4 Å². The van der Waals surface area contributed by atoms with E-state index in [0.717, 1.165) is 0 Å². The second kappa shape index (κ2) is 10.1. The molecule has 0 unspecified atom stereocenters. The Balaban J connectivity index is 0.000000465. The van der Waals surface area contributed by atoms with E-state index in [1.807, 2.05) is 0 Å². The number of aliphatic hydroxyl groups is 4. The van der Waals surface area contributed by atoms with Crippen molar-refractivity contribution < 1.29 is 42.1 Å². The molecule has 0 aromatic carbocycles. The molecule has 7 heteroatoms. The molecule has 2 heterocycles. The third kappa shape index (κ3) is 8.18. The van der Waals surface area contributed by atoms with Gasteiger partial charge in [-0.05, 0) is 52.0 Å². The van der Waals surface area contributed by atoms with Gasteiger partial charge in [-0.3, -0.25) is 9.97 Å². The van der Waals surface area contributed by atoms with Crippen LogP contribution < -0.4 is 0 Å². The minimum Gasteiger partial charge on any atom is -0.390 e. The minimum atomic E-state index is -0.971. The van der Waals surface area contributed by atoms with Crippen LogP contribution in [0.25, 0.3) is 0 Å². The normalized spacial score (nSPS) is 11.2. The number of pyridine rings is 2. The van der Waals surface area contributed by atoms with Crippen LogP contribution in [0.3, 0.4) is 0 Å². The van der Waals surface area contributed by atoms with Crippen LogP contribution >= 0.6 is 0 Å². The van der Waals surface area contributed by atoms with Crippen molar-refractivity contribution in [1.82, 2.24) is 9.97 Å². The predicted molar refractivity (Wildman–Crippen MR) is 90.8 cm³/mol. The second-order valence-electron chi connectivity index (χ2n) is 6.46. The summed E-state index contributed by atoms with van der Waals surface area (Å²) in [5.41, 5.74) is 0.370. The van der Waals surface area contributed by atoms with E-state index in [4.69, 9.17) is 10.2 Å². The van der Waals surface area contributed by atoms with E-state index in [0.29, 0.717) is 22.8 Å². The summed E-state index contributed by atoms with van der Waals surface area (Å²) in [6.45, 7) is 6.53. The van der Waals surface area contributed by atoms with Crippen LogP contribution in [0, 0.1) is 0 Å². The molecular formula is C18H26N2O4Ti. The van der Waals surface area contributed by atoms with Gasteiger partial charge in [0, 0.05) is 21.7 Å². The Morgan fingerprint density at radius 1 is 0.720 bits per heavy atom. The molecular weight excluding hydrogens is 356 g/mol. The van der Waals surface area contributed by atoms with Gasteiger partial charge >= 0.3 is 0 Å². The summed E-state index contributed by atoms with van der Waals surface area (Å²) < 4.78 is 0. The first kappa shape index (κ1) is 23.9. The second-order valence-corrected chi connectivity index (χ2v) is 6.46. The van der Waals surface area contributed by atoms with Crippen molar-refractivity contribution in [3.63, 3.8) is 0 Å². The van der Waals surface area contributed by atoms with E-state index >= 15 is 0 Å². The van der Waals surface area contributed by atoms with Crippen LogP contribution in [0.2, 0.25) is 0 Å². The van der Waals surface area contributed by atoms with Crippen LogP contribution in [-0.2, 0) is 46.1 Å². The van der Waals surface area contributed by atoms with Gasteiger partial charge in [0.05, 0.1) is 36.0 Å². The van der Waals surface area contributed by atoms with Crippen LogP contribution in [0.4, 0.5) is 0 Å². The molecule has 0 saturated carbocycles. The Hall–Kier alpha value is -1.15. The molecule has 0 aliphatic rings. The zero-order valence-corrected chi connectivity index (χ0v) is 16.6. The summed E-state index contributed by atoms with van der Waals surface area (Å²) in [4.78, 5) is 8.12. The van der Waals surface area contributed by atoms with E-state index in [-0.39, 0.29) is 34.9 Å². The van der Waals surface area contributed by atoms with Crippen molar-refractivity contribution in [3.05, 3.63) is 59.2 Å². The van der Waals surface area contributed by atoms with E-state index in [1.165, 1.54) is 0 Å². The zero-order valence-electron chi connectivity index (χ0n) is 15.1. The Kier molecular flexibility index (Phi) is 9.65. The van der Waals surface area contributed by atoms with Gasteiger partial charge in [0.15, 0.2) is 0 Å². The fraction of sp³-hybridized carbons (Fsp3) is 0.444. The van der Waals surface area contributed by atoms with Gasteiger partial charge in [-0.15, -0.1) is 0 Å². The largest absolute Gasteiger partial charge is 0.390 e. The SMILES string of the molecule is CC(C)(O)c1cccc(C(C)(C)O)n1.OCc1cccc(CO)n1.[Ti]. The monoisotopic (exact) mass is 382 g/mol. The van der Waals surface area contributed by atoms with Crippen molar-refractivity contribution in [1.29, 1.82) is 0 Å². The molecule has 0 aliphatic heterocycles. The first-order valence-corrected chi connectivity index (χ1v) is 7.67. The first-order chi connectivity index (χ1) is 11.1. The fourth-order valence-electron chi connectivity index (χ4n) is 1.82. The topological polar surface area (TPSA) is 107 Å². The van der Waals surface area contributed by atoms with Gasteiger partial charge in [-0.25, -0.2) is 0 Å². The zero-order chi connectivity index (χ0) is 18.4. The summed E-state index contributed by atoms with van der Waals surface area (Å²) in [6.07, 6.45) is 0. The summed E-state index contributed by atoms with van der Waals surface area (Å²) in [5.74, 6) is 0. The van der Waals surface area contributed by atoms with Gasteiger partial charge in [-0.2, -0.15) is 0 Å². The molecule has 0 atom stereocenters. The molecule has 2 aromatic heterocycles. The van der Waals surface area contributed by atoms with Crippen molar-refractivity contribution in [2.45, 2.75) is 52.1 Å². The molecule has 0 spiro atoms. The maximum atomic E-state index is 9.74.